The highest BCUT2D eigenvalue weighted by Gasteiger charge is 2.46. The van der Waals surface area contributed by atoms with Crippen LogP contribution in [0.25, 0.3) is 11.1 Å². The van der Waals surface area contributed by atoms with Crippen LogP contribution < -0.4 is 5.32 Å². The molecule has 2 N–H and O–H groups in total. The van der Waals surface area contributed by atoms with Gasteiger partial charge in [-0.1, -0.05) is 48.5 Å². The zero-order valence-electron chi connectivity index (χ0n) is 20.2. The van der Waals surface area contributed by atoms with Crippen molar-refractivity contribution in [1.82, 2.24) is 10.2 Å². The molecule has 0 radical (unpaired) electrons. The van der Waals surface area contributed by atoms with Crippen LogP contribution in [0, 0.1) is 11.8 Å². The number of hydrogen-bond donors (Lipinski definition) is 2. The molecule has 184 valence electrons. The number of amides is 2. The second kappa shape index (κ2) is 9.02. The lowest BCUT2D eigenvalue weighted by atomic mass is 9.72. The minimum atomic E-state index is -0.826. The van der Waals surface area contributed by atoms with Crippen LogP contribution in [0.1, 0.15) is 56.6 Å². The summed E-state index contributed by atoms with van der Waals surface area (Å²) < 4.78 is 5.65. The zero-order valence-corrected chi connectivity index (χ0v) is 20.2. The van der Waals surface area contributed by atoms with Crippen molar-refractivity contribution in [3.05, 3.63) is 59.7 Å². The summed E-state index contributed by atoms with van der Waals surface area (Å²) in [5, 5.41) is 12.4. The Hall–Kier alpha value is -3.35. The van der Waals surface area contributed by atoms with E-state index >= 15 is 0 Å². The molecule has 2 amide bonds. The van der Waals surface area contributed by atoms with Crippen LogP contribution >= 0.6 is 0 Å². The highest BCUT2D eigenvalue weighted by atomic mass is 16.5. The Morgan fingerprint density at radius 2 is 1.66 bits per heavy atom. The minimum Gasteiger partial charge on any atom is -0.481 e. The molecule has 7 heteroatoms. The maximum Gasteiger partial charge on any atom is 0.407 e. The van der Waals surface area contributed by atoms with Crippen LogP contribution in [-0.4, -0.2) is 52.7 Å². The van der Waals surface area contributed by atoms with Gasteiger partial charge < -0.3 is 20.1 Å². The molecule has 35 heavy (non-hydrogen) atoms. The summed E-state index contributed by atoms with van der Waals surface area (Å²) in [6, 6.07) is 16.1. The molecule has 2 aliphatic carbocycles. The Balaban J connectivity index is 1.20. The van der Waals surface area contributed by atoms with Crippen molar-refractivity contribution in [2.75, 3.05) is 13.2 Å². The lowest BCUT2D eigenvalue weighted by molar-refractivity contribution is -0.156. The van der Waals surface area contributed by atoms with E-state index in [0.717, 1.165) is 24.0 Å². The number of alkyl carbamates (subject to hydrolysis) is 1. The Morgan fingerprint density at radius 3 is 2.26 bits per heavy atom. The molecular weight excluding hydrogens is 444 g/mol. The molecule has 2 aliphatic heterocycles. The van der Waals surface area contributed by atoms with Gasteiger partial charge in [0.15, 0.2) is 0 Å². The SMILES string of the molecule is CC(C)(CC(=O)N1CC2CCC1C(C(=O)O)C2)NC(=O)OCC1c2ccccc2-c2ccccc21. The first-order valence-corrected chi connectivity index (χ1v) is 12.4. The third kappa shape index (κ3) is 4.51. The molecule has 2 saturated heterocycles. The summed E-state index contributed by atoms with van der Waals surface area (Å²) >= 11 is 0. The van der Waals surface area contributed by atoms with Crippen molar-refractivity contribution in [1.29, 1.82) is 0 Å². The number of benzene rings is 2. The van der Waals surface area contributed by atoms with Crippen LogP contribution in [0.4, 0.5) is 4.79 Å². The van der Waals surface area contributed by atoms with Crippen molar-refractivity contribution >= 4 is 18.0 Å². The fraction of sp³-hybridized carbons (Fsp3) is 0.464. The number of nitrogens with zero attached hydrogens (tertiary/aromatic N) is 1. The normalized spacial score (nSPS) is 22.9. The number of rotatable bonds is 6. The molecule has 3 atom stereocenters. The van der Waals surface area contributed by atoms with E-state index in [1.54, 1.807) is 18.7 Å². The van der Waals surface area contributed by atoms with Gasteiger partial charge in [-0.05, 0) is 61.3 Å². The number of piperidine rings is 2. The highest BCUT2D eigenvalue weighted by molar-refractivity contribution is 5.81. The lowest BCUT2D eigenvalue weighted by Crippen LogP contribution is -2.58. The standard InChI is InChI=1S/C28H32N2O5/c1-28(2,14-25(31)30-15-17-11-12-24(30)22(13-17)26(32)33)29-27(34)35-16-23-20-9-5-3-7-18(20)19-8-4-6-10-21(19)23/h3-10,17,22-24H,11-16H2,1-2H3,(H,29,34)(H,32,33). The largest absolute Gasteiger partial charge is 0.481 e. The van der Waals surface area contributed by atoms with E-state index < -0.39 is 23.5 Å². The number of carboxylic acid groups (broad SMARTS) is 1. The topological polar surface area (TPSA) is 95.9 Å². The van der Waals surface area contributed by atoms with Crippen molar-refractivity contribution in [3.63, 3.8) is 0 Å². The van der Waals surface area contributed by atoms with Gasteiger partial charge in [0.25, 0.3) is 0 Å². The van der Waals surface area contributed by atoms with E-state index in [-0.39, 0.29) is 36.8 Å². The van der Waals surface area contributed by atoms with E-state index in [1.807, 2.05) is 24.3 Å². The van der Waals surface area contributed by atoms with Crippen LogP contribution in [-0.2, 0) is 14.3 Å². The predicted molar refractivity (Wildman–Crippen MR) is 131 cm³/mol. The van der Waals surface area contributed by atoms with E-state index in [4.69, 9.17) is 4.74 Å². The number of aliphatic carboxylic acids is 1. The van der Waals surface area contributed by atoms with Gasteiger partial charge >= 0.3 is 12.1 Å². The summed E-state index contributed by atoms with van der Waals surface area (Å²) in [5.74, 6) is -1.23. The molecule has 7 nitrogen and oxygen atoms in total. The Labute approximate surface area is 205 Å². The first kappa shape index (κ1) is 23.4. The Bertz CT molecular complexity index is 1110. The number of carbonyl (C=O) groups excluding carboxylic acids is 2. The number of ether oxygens (including phenoxy) is 1. The second-order valence-corrected chi connectivity index (χ2v) is 10.7. The summed E-state index contributed by atoms with van der Waals surface area (Å²) in [4.78, 5) is 39.3. The third-order valence-electron chi connectivity index (χ3n) is 7.79. The average Bonchev–Trinajstić information content (AvgIpc) is 3.16. The Morgan fingerprint density at radius 1 is 1.03 bits per heavy atom. The smallest absolute Gasteiger partial charge is 0.407 e. The second-order valence-electron chi connectivity index (χ2n) is 10.7. The van der Waals surface area contributed by atoms with Gasteiger partial charge in [0.1, 0.15) is 6.61 Å². The third-order valence-corrected chi connectivity index (χ3v) is 7.79. The monoisotopic (exact) mass is 476 g/mol. The van der Waals surface area contributed by atoms with Crippen molar-refractivity contribution < 1.29 is 24.2 Å². The predicted octanol–water partition coefficient (Wildman–Crippen LogP) is 4.41. The first-order valence-electron chi connectivity index (χ1n) is 12.4. The van der Waals surface area contributed by atoms with Gasteiger partial charge in [-0.2, -0.15) is 0 Å². The van der Waals surface area contributed by atoms with Gasteiger partial charge in [0.2, 0.25) is 5.91 Å². The summed E-state index contributed by atoms with van der Waals surface area (Å²) in [7, 11) is 0. The first-order chi connectivity index (χ1) is 16.7. The van der Waals surface area contributed by atoms with E-state index in [9.17, 15) is 19.5 Å². The highest BCUT2D eigenvalue weighted by Crippen LogP contribution is 2.44. The van der Waals surface area contributed by atoms with Crippen LogP contribution in [0.5, 0.6) is 0 Å². The molecule has 2 aromatic carbocycles. The zero-order chi connectivity index (χ0) is 24.7. The number of carbonyl (C=O) groups is 3. The molecule has 6 rings (SSSR count). The number of nitrogens with one attached hydrogen (secondary N) is 1. The molecular formula is C28H32N2O5. The lowest BCUT2D eigenvalue weighted by Gasteiger charge is -2.49. The average molecular weight is 477 g/mol. The number of fused-ring (bicyclic) bond motifs is 6. The summed E-state index contributed by atoms with van der Waals surface area (Å²) in [5.41, 5.74) is 3.79. The van der Waals surface area contributed by atoms with E-state index in [1.165, 1.54) is 11.1 Å². The summed E-state index contributed by atoms with van der Waals surface area (Å²) in [6.45, 7) is 4.40. The van der Waals surface area contributed by atoms with Crippen LogP contribution in [0.2, 0.25) is 0 Å². The van der Waals surface area contributed by atoms with E-state index in [2.05, 4.69) is 29.6 Å². The molecule has 2 heterocycles. The summed E-state index contributed by atoms with van der Waals surface area (Å²) in [6.07, 6.45) is 1.87. The van der Waals surface area contributed by atoms with Gasteiger partial charge in [-0.3, -0.25) is 9.59 Å². The fourth-order valence-corrected chi connectivity index (χ4v) is 6.18. The molecule has 0 aromatic heterocycles. The van der Waals surface area contributed by atoms with E-state index in [0.29, 0.717) is 13.0 Å². The van der Waals surface area contributed by atoms with Gasteiger partial charge in [0.05, 0.1) is 5.92 Å². The molecule has 1 saturated carbocycles. The molecule has 4 aliphatic rings. The molecule has 3 unspecified atom stereocenters. The Kier molecular flexibility index (Phi) is 6.03. The quantitative estimate of drug-likeness (QED) is 0.644. The van der Waals surface area contributed by atoms with Crippen molar-refractivity contribution in [2.24, 2.45) is 11.8 Å². The van der Waals surface area contributed by atoms with Crippen molar-refractivity contribution in [2.45, 2.75) is 57.0 Å². The van der Waals surface area contributed by atoms with Gasteiger partial charge in [0, 0.05) is 30.5 Å². The van der Waals surface area contributed by atoms with Gasteiger partial charge in [-0.15, -0.1) is 0 Å². The maximum atomic E-state index is 13.1. The maximum absolute atomic E-state index is 13.1. The molecule has 0 spiro atoms. The van der Waals surface area contributed by atoms with Crippen LogP contribution in [0.15, 0.2) is 48.5 Å². The number of hydrogen-bond acceptors (Lipinski definition) is 4. The van der Waals surface area contributed by atoms with Gasteiger partial charge in [-0.25, -0.2) is 4.79 Å². The van der Waals surface area contributed by atoms with Crippen LogP contribution in [0.3, 0.4) is 0 Å². The minimum absolute atomic E-state index is 0.0326. The molecule has 2 aromatic rings. The number of carboxylic acids is 1. The molecule has 2 bridgehead atoms. The molecule has 3 fully saturated rings. The van der Waals surface area contributed by atoms with Crippen molar-refractivity contribution in [3.8, 4) is 11.1 Å². The fourth-order valence-electron chi connectivity index (χ4n) is 6.18.